The molecule has 0 saturated carbocycles. The van der Waals surface area contributed by atoms with E-state index in [1.165, 1.54) is 12.8 Å². The molecule has 2 rings (SSSR count). The van der Waals surface area contributed by atoms with E-state index in [-0.39, 0.29) is 5.41 Å². The summed E-state index contributed by atoms with van der Waals surface area (Å²) in [4.78, 5) is 15.4. The zero-order chi connectivity index (χ0) is 13.9. The summed E-state index contributed by atoms with van der Waals surface area (Å²) in [5.41, 5.74) is -0.112. The summed E-state index contributed by atoms with van der Waals surface area (Å²) in [6.07, 6.45) is 7.84. The lowest BCUT2D eigenvalue weighted by Gasteiger charge is -2.42. The Morgan fingerprint density at radius 1 is 1.37 bits per heavy atom. The highest BCUT2D eigenvalue weighted by molar-refractivity contribution is 5.84. The van der Waals surface area contributed by atoms with Gasteiger partial charge in [0.25, 0.3) is 0 Å². The van der Waals surface area contributed by atoms with Crippen LogP contribution in [0.4, 0.5) is 0 Å². The van der Waals surface area contributed by atoms with Gasteiger partial charge in [0.15, 0.2) is 0 Å². The van der Waals surface area contributed by atoms with E-state index in [1.54, 1.807) is 0 Å². The minimum atomic E-state index is -0.112. The third-order valence-electron chi connectivity index (χ3n) is 5.15. The van der Waals surface area contributed by atoms with Crippen molar-refractivity contribution in [2.24, 2.45) is 5.41 Å². The van der Waals surface area contributed by atoms with Crippen molar-refractivity contribution >= 4 is 5.91 Å². The van der Waals surface area contributed by atoms with Crippen LogP contribution in [0.1, 0.15) is 65.7 Å². The summed E-state index contributed by atoms with van der Waals surface area (Å²) < 4.78 is 0. The van der Waals surface area contributed by atoms with Crippen LogP contribution in [-0.2, 0) is 4.79 Å². The highest BCUT2D eigenvalue weighted by Crippen LogP contribution is 2.38. The molecule has 0 spiro atoms. The fourth-order valence-electron chi connectivity index (χ4n) is 4.06. The fraction of sp³-hybridized carbons (Fsp3) is 0.938. The molecule has 3 heteroatoms. The van der Waals surface area contributed by atoms with Crippen LogP contribution in [0.5, 0.6) is 0 Å². The molecule has 0 aromatic rings. The van der Waals surface area contributed by atoms with Crippen LogP contribution in [-0.4, -0.2) is 36.0 Å². The Balaban J connectivity index is 2.18. The molecule has 2 saturated heterocycles. The van der Waals surface area contributed by atoms with Gasteiger partial charge in [0.2, 0.25) is 5.91 Å². The van der Waals surface area contributed by atoms with Crippen LogP contribution in [0.25, 0.3) is 0 Å². The second kappa shape index (κ2) is 6.25. The van der Waals surface area contributed by atoms with Crippen molar-refractivity contribution in [3.63, 3.8) is 0 Å². The second-order valence-corrected chi connectivity index (χ2v) is 6.51. The molecular weight excluding hydrogens is 236 g/mol. The molecule has 0 aromatic heterocycles. The van der Waals surface area contributed by atoms with E-state index in [2.05, 4.69) is 31.0 Å². The van der Waals surface area contributed by atoms with E-state index in [0.29, 0.717) is 18.0 Å². The number of nitrogens with one attached hydrogen (secondary N) is 1. The zero-order valence-electron chi connectivity index (χ0n) is 12.9. The molecule has 2 heterocycles. The van der Waals surface area contributed by atoms with Gasteiger partial charge in [-0.3, -0.25) is 4.79 Å². The average Bonchev–Trinajstić information content (AvgIpc) is 2.80. The van der Waals surface area contributed by atoms with E-state index in [9.17, 15) is 4.79 Å². The minimum Gasteiger partial charge on any atom is -0.336 e. The molecule has 1 N–H and O–H groups in total. The number of rotatable bonds is 4. The molecule has 0 aromatic carbocycles. The molecule has 0 radical (unpaired) electrons. The Morgan fingerprint density at radius 3 is 2.74 bits per heavy atom. The van der Waals surface area contributed by atoms with Gasteiger partial charge >= 0.3 is 0 Å². The molecule has 3 atom stereocenters. The average molecular weight is 266 g/mol. The van der Waals surface area contributed by atoms with Gasteiger partial charge < -0.3 is 10.2 Å². The van der Waals surface area contributed by atoms with Crippen LogP contribution >= 0.6 is 0 Å². The highest BCUT2D eigenvalue weighted by Gasteiger charge is 2.45. The Labute approximate surface area is 118 Å². The van der Waals surface area contributed by atoms with Crippen LogP contribution in [0.15, 0.2) is 0 Å². The van der Waals surface area contributed by atoms with Crippen LogP contribution < -0.4 is 5.32 Å². The first-order valence-electron chi connectivity index (χ1n) is 8.18. The first-order valence-corrected chi connectivity index (χ1v) is 8.18. The molecule has 19 heavy (non-hydrogen) atoms. The lowest BCUT2D eigenvalue weighted by molar-refractivity contribution is -0.146. The summed E-state index contributed by atoms with van der Waals surface area (Å²) in [5.74, 6) is 0.443. The van der Waals surface area contributed by atoms with Crippen molar-refractivity contribution in [3.05, 3.63) is 0 Å². The van der Waals surface area contributed by atoms with Gasteiger partial charge in [0, 0.05) is 18.6 Å². The molecule has 1 amide bonds. The molecule has 0 bridgehead atoms. The lowest BCUT2D eigenvalue weighted by Crippen LogP contribution is -2.54. The van der Waals surface area contributed by atoms with E-state index in [0.717, 1.165) is 45.2 Å². The summed E-state index contributed by atoms with van der Waals surface area (Å²) >= 11 is 0. The predicted molar refractivity (Wildman–Crippen MR) is 79.1 cm³/mol. The summed E-state index contributed by atoms with van der Waals surface area (Å²) in [6.45, 7) is 8.61. The molecule has 2 aliphatic heterocycles. The predicted octanol–water partition coefficient (Wildman–Crippen LogP) is 2.95. The van der Waals surface area contributed by atoms with Crippen molar-refractivity contribution in [1.82, 2.24) is 10.2 Å². The fourth-order valence-corrected chi connectivity index (χ4v) is 4.06. The summed E-state index contributed by atoms with van der Waals surface area (Å²) in [6, 6.07) is 0.922. The molecule has 110 valence electrons. The Hall–Kier alpha value is -0.570. The van der Waals surface area contributed by atoms with Gasteiger partial charge in [0.1, 0.15) is 0 Å². The minimum absolute atomic E-state index is 0.112. The highest BCUT2D eigenvalue weighted by atomic mass is 16.2. The zero-order valence-corrected chi connectivity index (χ0v) is 12.9. The maximum absolute atomic E-state index is 13.2. The van der Waals surface area contributed by atoms with E-state index in [4.69, 9.17) is 0 Å². The molecule has 0 aliphatic carbocycles. The number of nitrogens with zero attached hydrogens (tertiary/aromatic N) is 1. The van der Waals surface area contributed by atoms with Crippen LogP contribution in [0, 0.1) is 5.41 Å². The number of carbonyl (C=O) groups is 1. The molecule has 2 aliphatic rings. The monoisotopic (exact) mass is 266 g/mol. The largest absolute Gasteiger partial charge is 0.336 e. The number of hydrogen-bond acceptors (Lipinski definition) is 2. The smallest absolute Gasteiger partial charge is 0.230 e. The van der Waals surface area contributed by atoms with Crippen molar-refractivity contribution in [3.8, 4) is 0 Å². The molecular formula is C16H30N2O. The Kier molecular flexibility index (Phi) is 4.88. The molecule has 3 unspecified atom stereocenters. The van der Waals surface area contributed by atoms with Gasteiger partial charge in [-0.25, -0.2) is 0 Å². The van der Waals surface area contributed by atoms with E-state index < -0.39 is 0 Å². The summed E-state index contributed by atoms with van der Waals surface area (Å²) in [7, 11) is 0. The van der Waals surface area contributed by atoms with Crippen molar-refractivity contribution < 1.29 is 4.79 Å². The first-order chi connectivity index (χ1) is 9.14. The van der Waals surface area contributed by atoms with Crippen molar-refractivity contribution in [2.75, 3.05) is 13.1 Å². The topological polar surface area (TPSA) is 32.3 Å². The number of likely N-dealkylation sites (tertiary alicyclic amines) is 1. The maximum atomic E-state index is 13.2. The van der Waals surface area contributed by atoms with Crippen molar-refractivity contribution in [2.45, 2.75) is 77.8 Å². The third kappa shape index (κ3) is 2.81. The Bertz CT molecular complexity index is 304. The maximum Gasteiger partial charge on any atom is 0.230 e. The standard InChI is InChI=1S/C16H30N2O/c1-4-9-16(10-6-11-17-12-16)15(19)18-13(3)7-8-14(18)5-2/h13-14,17H,4-12H2,1-3H3. The van der Waals surface area contributed by atoms with Crippen LogP contribution in [0.2, 0.25) is 0 Å². The van der Waals surface area contributed by atoms with Crippen LogP contribution in [0.3, 0.4) is 0 Å². The quantitative estimate of drug-likeness (QED) is 0.848. The molecule has 3 nitrogen and oxygen atoms in total. The normalized spacial score (nSPS) is 35.6. The van der Waals surface area contributed by atoms with Crippen molar-refractivity contribution in [1.29, 1.82) is 0 Å². The number of piperidine rings is 1. The third-order valence-corrected chi connectivity index (χ3v) is 5.15. The molecule has 2 fully saturated rings. The number of carbonyl (C=O) groups excluding carboxylic acids is 1. The van der Waals surface area contributed by atoms with Gasteiger partial charge in [-0.1, -0.05) is 20.3 Å². The summed E-state index contributed by atoms with van der Waals surface area (Å²) in [5, 5.41) is 3.47. The van der Waals surface area contributed by atoms with Gasteiger partial charge in [-0.2, -0.15) is 0 Å². The SMILES string of the molecule is CCCC1(C(=O)N2C(C)CCC2CC)CCCNC1. The van der Waals surface area contributed by atoms with Gasteiger partial charge in [0.05, 0.1) is 5.41 Å². The lowest BCUT2D eigenvalue weighted by atomic mass is 9.75. The number of amides is 1. The van der Waals surface area contributed by atoms with Gasteiger partial charge in [-0.15, -0.1) is 0 Å². The first kappa shape index (κ1) is 14.8. The second-order valence-electron chi connectivity index (χ2n) is 6.51. The Morgan fingerprint density at radius 2 is 2.16 bits per heavy atom. The van der Waals surface area contributed by atoms with Gasteiger partial charge in [-0.05, 0) is 52.0 Å². The van der Waals surface area contributed by atoms with E-state index >= 15 is 0 Å². The number of hydrogen-bond donors (Lipinski definition) is 1. The van der Waals surface area contributed by atoms with E-state index in [1.807, 2.05) is 0 Å².